The third-order valence-electron chi connectivity index (χ3n) is 5.53. The van der Waals surface area contributed by atoms with Crippen LogP contribution in [0.1, 0.15) is 44.7 Å². The van der Waals surface area contributed by atoms with Gasteiger partial charge in [-0.05, 0) is 50.2 Å². The molecule has 0 saturated heterocycles. The molecule has 0 amide bonds. The molecular formula is C24H34Cl2N4O6. The van der Waals surface area contributed by atoms with Gasteiger partial charge in [-0.1, -0.05) is 0 Å². The monoisotopic (exact) mass is 544 g/mol. The number of carbonyl (C=O) groups excluding carboxylic acids is 2. The molecule has 0 radical (unpaired) electrons. The van der Waals surface area contributed by atoms with E-state index in [1.54, 1.807) is 12.1 Å². The summed E-state index contributed by atoms with van der Waals surface area (Å²) < 4.78 is 0. The van der Waals surface area contributed by atoms with Gasteiger partial charge in [-0.3, -0.25) is 9.59 Å². The number of phenolic OH excluding ortho intramolecular Hbond substituents is 2. The maximum atomic E-state index is 13.5. The summed E-state index contributed by atoms with van der Waals surface area (Å²) in [5.41, 5.74) is 0.794. The SMILES string of the molecule is Cl.Cl.O=C1c2c(O)ccc(O)c2C(=O)c2c(NCCNCCCO)ccc(NCCNCCCO)c21. The number of benzene rings is 2. The first kappa shape index (κ1) is 31.4. The molecule has 0 unspecified atom stereocenters. The number of fused-ring (bicyclic) bond motifs is 2. The Morgan fingerprint density at radius 1 is 0.556 bits per heavy atom. The number of nitrogens with one attached hydrogen (secondary N) is 4. The van der Waals surface area contributed by atoms with E-state index in [2.05, 4.69) is 21.3 Å². The first-order valence-corrected chi connectivity index (χ1v) is 11.4. The Morgan fingerprint density at radius 2 is 0.944 bits per heavy atom. The first-order chi connectivity index (χ1) is 16.5. The van der Waals surface area contributed by atoms with Crippen LogP contribution in [-0.4, -0.2) is 84.5 Å². The first-order valence-electron chi connectivity index (χ1n) is 11.4. The van der Waals surface area contributed by atoms with Gasteiger partial charge in [-0.2, -0.15) is 0 Å². The second-order valence-corrected chi connectivity index (χ2v) is 7.93. The molecular weight excluding hydrogens is 511 g/mol. The molecule has 0 aromatic heterocycles. The number of aliphatic hydroxyl groups is 2. The topological polar surface area (TPSA) is 163 Å². The van der Waals surface area contributed by atoms with Crippen LogP contribution in [0.15, 0.2) is 24.3 Å². The van der Waals surface area contributed by atoms with Gasteiger partial charge in [0.2, 0.25) is 11.6 Å². The number of aromatic hydroxyl groups is 2. The largest absolute Gasteiger partial charge is 0.507 e. The fourth-order valence-corrected chi connectivity index (χ4v) is 3.89. The zero-order valence-corrected chi connectivity index (χ0v) is 21.4. The molecule has 0 bridgehead atoms. The van der Waals surface area contributed by atoms with E-state index in [9.17, 15) is 19.8 Å². The zero-order chi connectivity index (χ0) is 24.5. The van der Waals surface area contributed by atoms with Gasteiger partial charge in [-0.25, -0.2) is 0 Å². The summed E-state index contributed by atoms with van der Waals surface area (Å²) in [6.07, 6.45) is 1.27. The van der Waals surface area contributed by atoms with Crippen molar-refractivity contribution < 1.29 is 30.0 Å². The number of rotatable bonds is 14. The molecule has 0 aliphatic heterocycles. The summed E-state index contributed by atoms with van der Waals surface area (Å²) in [5, 5.41) is 51.1. The normalized spacial score (nSPS) is 11.7. The third kappa shape index (κ3) is 7.22. The van der Waals surface area contributed by atoms with Gasteiger partial charge in [0.1, 0.15) is 11.5 Å². The number of hydrogen-bond acceptors (Lipinski definition) is 10. The molecule has 2 aromatic rings. The van der Waals surface area contributed by atoms with Crippen LogP contribution in [-0.2, 0) is 0 Å². The third-order valence-corrected chi connectivity index (χ3v) is 5.53. The van der Waals surface area contributed by atoms with Gasteiger partial charge < -0.3 is 41.7 Å². The number of halogens is 2. The maximum absolute atomic E-state index is 13.5. The highest BCUT2D eigenvalue weighted by molar-refractivity contribution is 6.33. The van der Waals surface area contributed by atoms with Crippen LogP contribution >= 0.6 is 24.8 Å². The van der Waals surface area contributed by atoms with Crippen LogP contribution in [0, 0.1) is 0 Å². The average Bonchev–Trinajstić information content (AvgIpc) is 2.83. The summed E-state index contributed by atoms with van der Waals surface area (Å²) in [6.45, 7) is 3.63. The molecule has 1 aliphatic rings. The minimum atomic E-state index is -0.543. The molecule has 200 valence electrons. The van der Waals surface area contributed by atoms with Gasteiger partial charge >= 0.3 is 0 Å². The van der Waals surface area contributed by atoms with Gasteiger partial charge in [0.15, 0.2) is 0 Å². The van der Waals surface area contributed by atoms with Crippen molar-refractivity contribution in [2.75, 3.05) is 63.1 Å². The molecule has 0 atom stereocenters. The predicted molar refractivity (Wildman–Crippen MR) is 144 cm³/mol. The second-order valence-electron chi connectivity index (χ2n) is 7.93. The molecule has 0 saturated carbocycles. The van der Waals surface area contributed by atoms with Crippen LogP contribution in [0.25, 0.3) is 0 Å². The molecule has 3 rings (SSSR count). The predicted octanol–water partition coefficient (Wildman–Crippen LogP) is 1.48. The number of aliphatic hydroxyl groups excluding tert-OH is 2. The Bertz CT molecular complexity index is 958. The standard InChI is InChI=1S/C24H32N4O6.2ClH/c29-13-1-7-25-9-11-27-15-3-4-16(28-12-10-26-8-2-14-30)20-19(15)23(33)21-17(31)5-6-18(32)22(21)24(20)34;;/h3-6,25-32H,1-2,7-14H2;2*1H. The summed E-state index contributed by atoms with van der Waals surface area (Å²) in [5.74, 6) is -1.81. The van der Waals surface area contributed by atoms with E-state index in [0.717, 1.165) is 0 Å². The van der Waals surface area contributed by atoms with Gasteiger partial charge in [0.25, 0.3) is 0 Å². The van der Waals surface area contributed by atoms with E-state index in [1.165, 1.54) is 12.1 Å². The Labute approximate surface area is 222 Å². The molecule has 8 N–H and O–H groups in total. The molecule has 0 heterocycles. The summed E-state index contributed by atoms with van der Waals surface area (Å²) in [7, 11) is 0. The smallest absolute Gasteiger partial charge is 0.200 e. The molecule has 0 spiro atoms. The van der Waals surface area contributed by atoms with Crippen molar-refractivity contribution >= 4 is 47.8 Å². The van der Waals surface area contributed by atoms with Crippen molar-refractivity contribution in [3.8, 4) is 11.5 Å². The number of ketones is 2. The molecule has 36 heavy (non-hydrogen) atoms. The highest BCUT2D eigenvalue weighted by atomic mass is 35.5. The number of phenols is 2. The zero-order valence-electron chi connectivity index (χ0n) is 19.8. The number of anilines is 2. The van der Waals surface area contributed by atoms with Crippen molar-refractivity contribution in [3.63, 3.8) is 0 Å². The van der Waals surface area contributed by atoms with Crippen LogP contribution in [0.5, 0.6) is 11.5 Å². The Balaban J connectivity index is 0.00000324. The highest BCUT2D eigenvalue weighted by Gasteiger charge is 2.37. The molecule has 2 aromatic carbocycles. The van der Waals surface area contributed by atoms with Crippen molar-refractivity contribution in [2.45, 2.75) is 12.8 Å². The van der Waals surface area contributed by atoms with Crippen molar-refractivity contribution in [2.24, 2.45) is 0 Å². The van der Waals surface area contributed by atoms with E-state index < -0.39 is 11.6 Å². The van der Waals surface area contributed by atoms with E-state index >= 15 is 0 Å². The van der Waals surface area contributed by atoms with Crippen LogP contribution in [0.4, 0.5) is 11.4 Å². The molecule has 0 fully saturated rings. The van der Waals surface area contributed by atoms with Gasteiger partial charge in [-0.15, -0.1) is 24.8 Å². The lowest BCUT2D eigenvalue weighted by molar-refractivity contribution is 0.0975. The van der Waals surface area contributed by atoms with Crippen molar-refractivity contribution in [3.05, 3.63) is 46.5 Å². The summed E-state index contributed by atoms with van der Waals surface area (Å²) in [6, 6.07) is 5.82. The Hall–Kier alpha value is -2.60. The van der Waals surface area contributed by atoms with Crippen LogP contribution in [0.3, 0.4) is 0 Å². The average molecular weight is 545 g/mol. The second kappa shape index (κ2) is 15.5. The number of carbonyl (C=O) groups is 2. The van der Waals surface area contributed by atoms with E-state index in [0.29, 0.717) is 63.5 Å². The lowest BCUT2D eigenvalue weighted by atomic mass is 9.81. The molecule has 10 nitrogen and oxygen atoms in total. The summed E-state index contributed by atoms with van der Waals surface area (Å²) in [4.78, 5) is 26.9. The van der Waals surface area contributed by atoms with Crippen molar-refractivity contribution in [1.29, 1.82) is 0 Å². The lowest BCUT2D eigenvalue weighted by Crippen LogP contribution is -2.28. The highest BCUT2D eigenvalue weighted by Crippen LogP contribution is 2.42. The van der Waals surface area contributed by atoms with Crippen LogP contribution in [0.2, 0.25) is 0 Å². The maximum Gasteiger partial charge on any atom is 0.200 e. The Morgan fingerprint density at radius 3 is 1.31 bits per heavy atom. The quantitative estimate of drug-likeness (QED) is 0.110. The van der Waals surface area contributed by atoms with E-state index in [4.69, 9.17) is 10.2 Å². The molecule has 1 aliphatic carbocycles. The lowest BCUT2D eigenvalue weighted by Gasteiger charge is -2.25. The van der Waals surface area contributed by atoms with E-state index in [1.807, 2.05) is 0 Å². The fraction of sp³-hybridized carbons (Fsp3) is 0.417. The Kier molecular flexibility index (Phi) is 13.5. The van der Waals surface area contributed by atoms with Crippen LogP contribution < -0.4 is 21.3 Å². The number of hydrogen-bond donors (Lipinski definition) is 8. The fourth-order valence-electron chi connectivity index (χ4n) is 3.89. The minimum absolute atomic E-state index is 0. The van der Waals surface area contributed by atoms with E-state index in [-0.39, 0.29) is 71.8 Å². The minimum Gasteiger partial charge on any atom is -0.507 e. The summed E-state index contributed by atoms with van der Waals surface area (Å²) >= 11 is 0. The molecule has 12 heteroatoms. The van der Waals surface area contributed by atoms with Crippen molar-refractivity contribution in [1.82, 2.24) is 10.6 Å². The van der Waals surface area contributed by atoms with Gasteiger partial charge in [0.05, 0.1) is 22.3 Å². The van der Waals surface area contributed by atoms with Gasteiger partial charge in [0, 0.05) is 50.8 Å².